The number of hydrogen-bond donors (Lipinski definition) is 2. The predicted octanol–water partition coefficient (Wildman–Crippen LogP) is 0.947. The van der Waals surface area contributed by atoms with Crippen LogP contribution in [0.4, 0.5) is 0 Å². The maximum Gasteiger partial charge on any atom is 0.221 e. The number of likely N-dealkylation sites (tertiary alicyclic amines) is 1. The van der Waals surface area contributed by atoms with Gasteiger partial charge in [-0.15, -0.1) is 12.4 Å². The van der Waals surface area contributed by atoms with E-state index in [-0.39, 0.29) is 12.4 Å². The van der Waals surface area contributed by atoms with E-state index in [4.69, 9.17) is 5.73 Å². The molecular weight excluding hydrogens is 238 g/mol. The molecule has 1 atom stereocenters. The van der Waals surface area contributed by atoms with Crippen LogP contribution in [-0.2, 0) is 0 Å². The zero-order valence-electron chi connectivity index (χ0n) is 10.4. The molecule has 0 radical (unpaired) electrons. The van der Waals surface area contributed by atoms with Gasteiger partial charge < -0.3 is 16.0 Å². The van der Waals surface area contributed by atoms with Crippen molar-refractivity contribution in [2.24, 2.45) is 15.7 Å². The Hall–Kier alpha value is -0.970. The van der Waals surface area contributed by atoms with Crippen LogP contribution in [-0.4, -0.2) is 42.5 Å². The number of aliphatic imine (C=N–C) groups is 2. The molecule has 98 valence electrons. The topological polar surface area (TPSA) is 66.0 Å². The Balaban J connectivity index is 0.00000144. The molecule has 0 bridgehead atoms. The van der Waals surface area contributed by atoms with E-state index in [9.17, 15) is 0 Å². The van der Waals surface area contributed by atoms with Crippen LogP contribution < -0.4 is 11.1 Å². The van der Waals surface area contributed by atoms with E-state index in [1.807, 2.05) is 0 Å². The molecule has 3 N–H and O–H groups in total. The predicted molar refractivity (Wildman–Crippen MR) is 73.8 cm³/mol. The Labute approximate surface area is 109 Å². The zero-order valence-corrected chi connectivity index (χ0v) is 11.2. The highest BCUT2D eigenvalue weighted by Crippen LogP contribution is 2.08. The van der Waals surface area contributed by atoms with Gasteiger partial charge >= 0.3 is 0 Å². The summed E-state index contributed by atoms with van der Waals surface area (Å²) in [5.41, 5.74) is 5.98. The van der Waals surface area contributed by atoms with Crippen molar-refractivity contribution in [1.82, 2.24) is 10.2 Å². The van der Waals surface area contributed by atoms with Gasteiger partial charge in [0, 0.05) is 19.6 Å². The molecule has 0 amide bonds. The third kappa shape index (κ3) is 4.07. The highest BCUT2D eigenvalue weighted by Gasteiger charge is 2.14. The van der Waals surface area contributed by atoms with Crippen LogP contribution in [0.1, 0.15) is 32.6 Å². The molecule has 2 heterocycles. The highest BCUT2D eigenvalue weighted by molar-refractivity contribution is 5.94. The lowest BCUT2D eigenvalue weighted by molar-refractivity contribution is 0.339. The van der Waals surface area contributed by atoms with Crippen LogP contribution in [0.2, 0.25) is 0 Å². The van der Waals surface area contributed by atoms with Crippen LogP contribution in [0.25, 0.3) is 0 Å². The molecule has 0 aromatic rings. The largest absolute Gasteiger partial charge is 0.369 e. The molecule has 5 nitrogen and oxygen atoms in total. The van der Waals surface area contributed by atoms with E-state index < -0.39 is 0 Å². The van der Waals surface area contributed by atoms with Crippen molar-refractivity contribution in [2.75, 3.05) is 19.6 Å². The molecular formula is C11H22ClN5. The van der Waals surface area contributed by atoms with E-state index >= 15 is 0 Å². The molecule has 1 saturated heterocycles. The van der Waals surface area contributed by atoms with Crippen LogP contribution in [0, 0.1) is 0 Å². The number of halogens is 1. The molecule has 6 heteroatoms. The third-order valence-corrected chi connectivity index (χ3v) is 3.09. The number of nitrogens with two attached hydrogens (primary N) is 1. The third-order valence-electron chi connectivity index (χ3n) is 3.09. The maximum atomic E-state index is 5.98. The number of nitrogens with zero attached hydrogens (tertiary/aromatic N) is 3. The normalized spacial score (nSPS) is 25.7. The lowest BCUT2D eigenvalue weighted by Crippen LogP contribution is -2.43. The van der Waals surface area contributed by atoms with Gasteiger partial charge in [0.05, 0.1) is 6.04 Å². The van der Waals surface area contributed by atoms with Gasteiger partial charge in [0.25, 0.3) is 0 Å². The summed E-state index contributed by atoms with van der Waals surface area (Å²) in [4.78, 5) is 10.9. The summed E-state index contributed by atoms with van der Waals surface area (Å²) in [5, 5.41) is 3.18. The van der Waals surface area contributed by atoms with E-state index in [1.165, 1.54) is 19.3 Å². The summed E-state index contributed by atoms with van der Waals surface area (Å²) in [6.07, 6.45) is 4.81. The van der Waals surface area contributed by atoms with Gasteiger partial charge in [0.15, 0.2) is 5.96 Å². The fraction of sp³-hybridized carbons (Fsp3) is 0.818. The van der Waals surface area contributed by atoms with Crippen LogP contribution in [0.5, 0.6) is 0 Å². The van der Waals surface area contributed by atoms with Crippen LogP contribution in [0.15, 0.2) is 9.98 Å². The fourth-order valence-electron chi connectivity index (χ4n) is 2.08. The second-order valence-electron chi connectivity index (χ2n) is 4.53. The van der Waals surface area contributed by atoms with Crippen molar-refractivity contribution in [3.63, 3.8) is 0 Å². The first-order valence-electron chi connectivity index (χ1n) is 6.16. The Bertz CT molecular complexity index is 296. The summed E-state index contributed by atoms with van der Waals surface area (Å²) in [6, 6.07) is 0.356. The highest BCUT2D eigenvalue weighted by atomic mass is 35.5. The van der Waals surface area contributed by atoms with E-state index in [0.717, 1.165) is 26.1 Å². The van der Waals surface area contributed by atoms with Crippen molar-refractivity contribution in [2.45, 2.75) is 38.6 Å². The van der Waals surface area contributed by atoms with Gasteiger partial charge in [-0.2, -0.15) is 4.99 Å². The second-order valence-corrected chi connectivity index (χ2v) is 4.53. The van der Waals surface area contributed by atoms with Gasteiger partial charge in [-0.1, -0.05) is 0 Å². The van der Waals surface area contributed by atoms with Gasteiger partial charge in [-0.05, 0) is 32.6 Å². The number of guanidine groups is 2. The molecule has 1 fully saturated rings. The SMILES string of the molecule is CC1CCNC(N=C(N)N2CCCCC2)=N1.Cl. The van der Waals surface area contributed by atoms with Crippen LogP contribution >= 0.6 is 12.4 Å². The monoisotopic (exact) mass is 259 g/mol. The first-order chi connectivity index (χ1) is 7.75. The molecule has 17 heavy (non-hydrogen) atoms. The lowest BCUT2D eigenvalue weighted by Gasteiger charge is -2.27. The quantitative estimate of drug-likeness (QED) is 0.503. The number of hydrogen-bond acceptors (Lipinski definition) is 3. The van der Waals surface area contributed by atoms with Crippen LogP contribution in [0.3, 0.4) is 0 Å². The number of nitrogens with one attached hydrogen (secondary N) is 1. The van der Waals surface area contributed by atoms with Crippen molar-refractivity contribution >= 4 is 24.3 Å². The van der Waals surface area contributed by atoms with Gasteiger partial charge in [0.2, 0.25) is 5.96 Å². The van der Waals surface area contributed by atoms with E-state index in [0.29, 0.717) is 18.0 Å². The molecule has 0 aliphatic carbocycles. The molecule has 0 spiro atoms. The van der Waals surface area contributed by atoms with E-state index in [2.05, 4.69) is 27.1 Å². The van der Waals surface area contributed by atoms with Gasteiger partial charge in [-0.3, -0.25) is 0 Å². The summed E-state index contributed by atoms with van der Waals surface area (Å²) in [7, 11) is 0. The average Bonchev–Trinajstić information content (AvgIpc) is 2.30. The summed E-state index contributed by atoms with van der Waals surface area (Å²) in [5.74, 6) is 1.31. The maximum absolute atomic E-state index is 5.98. The lowest BCUT2D eigenvalue weighted by atomic mass is 10.1. The Kier molecular flexibility index (Phi) is 5.55. The molecule has 1 unspecified atom stereocenters. The second kappa shape index (κ2) is 6.69. The molecule has 0 aromatic carbocycles. The summed E-state index contributed by atoms with van der Waals surface area (Å²) < 4.78 is 0. The Morgan fingerprint density at radius 1 is 1.41 bits per heavy atom. The number of piperidine rings is 1. The fourth-order valence-corrected chi connectivity index (χ4v) is 2.08. The first kappa shape index (κ1) is 14.1. The Morgan fingerprint density at radius 2 is 2.12 bits per heavy atom. The van der Waals surface area contributed by atoms with Gasteiger partial charge in [-0.25, -0.2) is 4.99 Å². The molecule has 0 saturated carbocycles. The van der Waals surface area contributed by atoms with Crippen molar-refractivity contribution in [3.8, 4) is 0 Å². The van der Waals surface area contributed by atoms with Crippen molar-refractivity contribution < 1.29 is 0 Å². The molecule has 2 aliphatic heterocycles. The summed E-state index contributed by atoms with van der Waals surface area (Å²) >= 11 is 0. The Morgan fingerprint density at radius 3 is 2.76 bits per heavy atom. The van der Waals surface area contributed by atoms with Crippen molar-refractivity contribution in [3.05, 3.63) is 0 Å². The number of rotatable bonds is 0. The van der Waals surface area contributed by atoms with Gasteiger partial charge in [0.1, 0.15) is 0 Å². The minimum Gasteiger partial charge on any atom is -0.369 e. The standard InChI is InChI=1S/C11H21N5.ClH/c1-9-5-6-13-11(14-9)15-10(12)16-7-3-2-4-8-16;/h9H,2-8H2,1H3,(H3,12,13,14,15);1H. The van der Waals surface area contributed by atoms with E-state index in [1.54, 1.807) is 0 Å². The summed E-state index contributed by atoms with van der Waals surface area (Å²) in [6.45, 7) is 5.10. The molecule has 2 aliphatic rings. The smallest absolute Gasteiger partial charge is 0.221 e. The molecule has 2 rings (SSSR count). The minimum absolute atomic E-state index is 0. The zero-order chi connectivity index (χ0) is 11.4. The van der Waals surface area contributed by atoms with Crippen molar-refractivity contribution in [1.29, 1.82) is 0 Å². The molecule has 0 aromatic heterocycles. The first-order valence-corrected chi connectivity index (χ1v) is 6.16. The minimum atomic E-state index is 0. The average molecular weight is 260 g/mol.